The molecule has 2 unspecified atom stereocenters. The number of benzene rings is 1. The maximum atomic E-state index is 12.7. The van der Waals surface area contributed by atoms with Gasteiger partial charge in [-0.3, -0.25) is 14.4 Å². The topological polar surface area (TPSA) is 95.5 Å². The Morgan fingerprint density at radius 1 is 1.10 bits per heavy atom. The average Bonchev–Trinajstić information content (AvgIpc) is 3.24. The zero-order valence-electron chi connectivity index (χ0n) is 11.1. The van der Waals surface area contributed by atoms with E-state index >= 15 is 0 Å². The highest BCUT2D eigenvalue weighted by Gasteiger charge is 2.48. The molecule has 0 aliphatic heterocycles. The van der Waals surface area contributed by atoms with Crippen LogP contribution in [-0.4, -0.2) is 36.0 Å². The summed E-state index contributed by atoms with van der Waals surface area (Å²) in [5.74, 6) is -3.09. The summed E-state index contributed by atoms with van der Waals surface area (Å²) in [5, 5.41) is 13.8. The standard InChI is InChI=1S/C14H15FN2O4/c15-9-3-1-8(2-4-9)12(18)16-5-6-17-13(19)10-7-11(10)14(20)21/h1-4,10-11H,5-7H2,(H,16,18)(H,17,19)(H,20,21). The predicted octanol–water partition coefficient (Wildman–Crippen LogP) is 0.392. The zero-order chi connectivity index (χ0) is 15.4. The molecule has 1 aliphatic carbocycles. The number of carboxylic acid groups (broad SMARTS) is 1. The summed E-state index contributed by atoms with van der Waals surface area (Å²) in [6.45, 7) is 0.432. The van der Waals surface area contributed by atoms with Gasteiger partial charge in [0.25, 0.3) is 5.91 Å². The first kappa shape index (κ1) is 15.0. The van der Waals surface area contributed by atoms with Crippen molar-refractivity contribution in [3.8, 4) is 0 Å². The van der Waals surface area contributed by atoms with E-state index in [1.807, 2.05) is 0 Å². The number of amides is 2. The van der Waals surface area contributed by atoms with E-state index in [2.05, 4.69) is 10.6 Å². The van der Waals surface area contributed by atoms with Crippen molar-refractivity contribution in [2.75, 3.05) is 13.1 Å². The molecule has 7 heteroatoms. The number of carbonyl (C=O) groups is 3. The normalized spacial score (nSPS) is 19.7. The number of rotatable bonds is 6. The predicted molar refractivity (Wildman–Crippen MR) is 71.0 cm³/mol. The molecule has 2 rings (SSSR count). The van der Waals surface area contributed by atoms with Gasteiger partial charge >= 0.3 is 5.97 Å². The van der Waals surface area contributed by atoms with Crippen molar-refractivity contribution in [1.82, 2.24) is 10.6 Å². The van der Waals surface area contributed by atoms with Crippen molar-refractivity contribution < 1.29 is 23.9 Å². The van der Waals surface area contributed by atoms with E-state index in [-0.39, 0.29) is 24.9 Å². The minimum atomic E-state index is -0.959. The number of halogens is 1. The summed E-state index contributed by atoms with van der Waals surface area (Å²) in [6.07, 6.45) is 0.364. The van der Waals surface area contributed by atoms with Gasteiger partial charge in [0.05, 0.1) is 11.8 Å². The minimum Gasteiger partial charge on any atom is -0.481 e. The molecule has 0 radical (unpaired) electrons. The third kappa shape index (κ3) is 4.01. The van der Waals surface area contributed by atoms with E-state index in [1.165, 1.54) is 24.3 Å². The smallest absolute Gasteiger partial charge is 0.307 e. The van der Waals surface area contributed by atoms with Gasteiger partial charge in [-0.05, 0) is 30.7 Å². The molecule has 21 heavy (non-hydrogen) atoms. The van der Waals surface area contributed by atoms with Crippen LogP contribution in [0.25, 0.3) is 0 Å². The maximum Gasteiger partial charge on any atom is 0.307 e. The third-order valence-electron chi connectivity index (χ3n) is 3.26. The Kier molecular flexibility index (Phi) is 4.52. The van der Waals surface area contributed by atoms with E-state index in [0.717, 1.165) is 0 Å². The monoisotopic (exact) mass is 294 g/mol. The number of carboxylic acids is 1. The summed E-state index contributed by atoms with van der Waals surface area (Å²) < 4.78 is 12.7. The first-order chi connectivity index (χ1) is 9.99. The Bertz CT molecular complexity index is 559. The van der Waals surface area contributed by atoms with Crippen LogP contribution in [-0.2, 0) is 9.59 Å². The zero-order valence-corrected chi connectivity index (χ0v) is 11.1. The number of aliphatic carboxylic acids is 1. The summed E-state index contributed by atoms with van der Waals surface area (Å²) in [6, 6.07) is 5.11. The third-order valence-corrected chi connectivity index (χ3v) is 3.26. The second-order valence-corrected chi connectivity index (χ2v) is 4.84. The van der Waals surface area contributed by atoms with Crippen LogP contribution in [0, 0.1) is 17.7 Å². The molecule has 0 bridgehead atoms. The van der Waals surface area contributed by atoms with Crippen LogP contribution < -0.4 is 10.6 Å². The Morgan fingerprint density at radius 3 is 2.29 bits per heavy atom. The summed E-state index contributed by atoms with van der Waals surface area (Å²) >= 11 is 0. The Morgan fingerprint density at radius 2 is 1.71 bits per heavy atom. The highest BCUT2D eigenvalue weighted by molar-refractivity contribution is 5.94. The number of hydrogen-bond acceptors (Lipinski definition) is 3. The fraction of sp³-hybridized carbons (Fsp3) is 0.357. The van der Waals surface area contributed by atoms with Crippen LogP contribution >= 0.6 is 0 Å². The maximum absolute atomic E-state index is 12.7. The van der Waals surface area contributed by atoms with Crippen molar-refractivity contribution in [3.63, 3.8) is 0 Å². The van der Waals surface area contributed by atoms with E-state index in [0.29, 0.717) is 12.0 Å². The van der Waals surface area contributed by atoms with Gasteiger partial charge in [0.15, 0.2) is 0 Å². The first-order valence-corrected chi connectivity index (χ1v) is 6.53. The molecule has 112 valence electrons. The Hall–Kier alpha value is -2.44. The van der Waals surface area contributed by atoms with Gasteiger partial charge in [-0.1, -0.05) is 0 Å². The molecule has 1 fully saturated rings. The van der Waals surface area contributed by atoms with Gasteiger partial charge in [0.2, 0.25) is 5.91 Å². The largest absolute Gasteiger partial charge is 0.481 e. The quantitative estimate of drug-likeness (QED) is 0.661. The molecule has 2 amide bonds. The summed E-state index contributed by atoms with van der Waals surface area (Å²) in [7, 11) is 0. The van der Waals surface area contributed by atoms with Gasteiger partial charge in [0.1, 0.15) is 5.82 Å². The molecule has 0 heterocycles. The number of carbonyl (C=O) groups excluding carboxylic acids is 2. The van der Waals surface area contributed by atoms with E-state index in [4.69, 9.17) is 5.11 Å². The molecule has 6 nitrogen and oxygen atoms in total. The van der Waals surface area contributed by atoms with Gasteiger partial charge in [-0.25, -0.2) is 4.39 Å². The van der Waals surface area contributed by atoms with Crippen molar-refractivity contribution in [2.24, 2.45) is 11.8 Å². The molecule has 3 N–H and O–H groups in total. The van der Waals surface area contributed by atoms with Crippen molar-refractivity contribution in [3.05, 3.63) is 35.6 Å². The SMILES string of the molecule is O=C(NCCNC(=O)C1CC1C(=O)O)c1ccc(F)cc1. The van der Waals surface area contributed by atoms with E-state index in [1.54, 1.807) is 0 Å². The highest BCUT2D eigenvalue weighted by Crippen LogP contribution is 2.38. The summed E-state index contributed by atoms with van der Waals surface area (Å²) in [5.41, 5.74) is 0.330. The second kappa shape index (κ2) is 6.34. The van der Waals surface area contributed by atoms with Crippen LogP contribution in [0.2, 0.25) is 0 Å². The second-order valence-electron chi connectivity index (χ2n) is 4.84. The van der Waals surface area contributed by atoms with E-state index in [9.17, 15) is 18.8 Å². The fourth-order valence-electron chi connectivity index (χ4n) is 1.95. The first-order valence-electron chi connectivity index (χ1n) is 6.53. The molecular weight excluding hydrogens is 279 g/mol. The molecule has 0 aromatic heterocycles. The lowest BCUT2D eigenvalue weighted by atomic mass is 10.2. The molecule has 1 saturated carbocycles. The Balaban J connectivity index is 1.66. The summed E-state index contributed by atoms with van der Waals surface area (Å²) in [4.78, 5) is 33.8. The lowest BCUT2D eigenvalue weighted by molar-refractivity contribution is -0.140. The fourth-order valence-corrected chi connectivity index (χ4v) is 1.95. The van der Waals surface area contributed by atoms with Gasteiger partial charge in [-0.2, -0.15) is 0 Å². The molecule has 1 aromatic rings. The molecule has 0 saturated heterocycles. The highest BCUT2D eigenvalue weighted by atomic mass is 19.1. The lowest BCUT2D eigenvalue weighted by Crippen LogP contribution is -2.35. The Labute approximate surface area is 120 Å². The van der Waals surface area contributed by atoms with Crippen LogP contribution in [0.5, 0.6) is 0 Å². The molecule has 1 aliphatic rings. The van der Waals surface area contributed by atoms with Crippen LogP contribution in [0.3, 0.4) is 0 Å². The number of hydrogen-bond donors (Lipinski definition) is 3. The van der Waals surface area contributed by atoms with Crippen molar-refractivity contribution in [1.29, 1.82) is 0 Å². The van der Waals surface area contributed by atoms with Gasteiger partial charge in [0, 0.05) is 18.7 Å². The molecule has 1 aromatic carbocycles. The van der Waals surface area contributed by atoms with Crippen molar-refractivity contribution in [2.45, 2.75) is 6.42 Å². The molecule has 2 atom stereocenters. The lowest BCUT2D eigenvalue weighted by Gasteiger charge is -2.07. The minimum absolute atomic E-state index is 0.215. The van der Waals surface area contributed by atoms with Crippen LogP contribution in [0.4, 0.5) is 4.39 Å². The average molecular weight is 294 g/mol. The van der Waals surface area contributed by atoms with Crippen LogP contribution in [0.1, 0.15) is 16.8 Å². The molecular formula is C14H15FN2O4. The molecule has 0 spiro atoms. The van der Waals surface area contributed by atoms with Crippen LogP contribution in [0.15, 0.2) is 24.3 Å². The number of nitrogens with one attached hydrogen (secondary N) is 2. The van der Waals surface area contributed by atoms with Gasteiger partial charge in [-0.15, -0.1) is 0 Å². The van der Waals surface area contributed by atoms with E-state index < -0.39 is 23.6 Å². The van der Waals surface area contributed by atoms with Gasteiger partial charge < -0.3 is 15.7 Å². The van der Waals surface area contributed by atoms with Crippen molar-refractivity contribution >= 4 is 17.8 Å².